The molecule has 0 spiro atoms. The molecule has 2 N–H and O–H groups in total. The molecule has 0 saturated carbocycles. The van der Waals surface area contributed by atoms with Gasteiger partial charge in [0.1, 0.15) is 12.4 Å². The van der Waals surface area contributed by atoms with Crippen molar-refractivity contribution in [1.29, 1.82) is 0 Å². The van der Waals surface area contributed by atoms with Crippen LogP contribution in [0.4, 0.5) is 0 Å². The van der Waals surface area contributed by atoms with Crippen LogP contribution in [-0.2, 0) is 16.1 Å². The first kappa shape index (κ1) is 14.5. The van der Waals surface area contributed by atoms with E-state index in [-0.39, 0.29) is 0 Å². The summed E-state index contributed by atoms with van der Waals surface area (Å²) < 4.78 is 15.9. The van der Waals surface area contributed by atoms with Gasteiger partial charge in [-0.05, 0) is 30.9 Å². The number of rotatable bonds is 8. The minimum atomic E-state index is -0.487. The van der Waals surface area contributed by atoms with Crippen LogP contribution in [0.15, 0.2) is 22.8 Å². The van der Waals surface area contributed by atoms with E-state index in [2.05, 4.69) is 5.32 Å². The summed E-state index contributed by atoms with van der Waals surface area (Å²) in [6, 6.07) is 3.68. The predicted molar refractivity (Wildman–Crippen MR) is 70.8 cm³/mol. The molecule has 0 amide bonds. The van der Waals surface area contributed by atoms with Gasteiger partial charge in [-0.3, -0.25) is 0 Å². The molecule has 5 nitrogen and oxygen atoms in total. The van der Waals surface area contributed by atoms with Crippen LogP contribution in [-0.4, -0.2) is 44.1 Å². The fourth-order valence-electron chi connectivity index (χ4n) is 2.17. The van der Waals surface area contributed by atoms with Crippen molar-refractivity contribution in [2.45, 2.75) is 25.6 Å². The van der Waals surface area contributed by atoms with E-state index in [0.29, 0.717) is 25.7 Å². The molecular weight excluding hydrogens is 246 g/mol. The van der Waals surface area contributed by atoms with Gasteiger partial charge in [0.2, 0.25) is 0 Å². The van der Waals surface area contributed by atoms with Crippen molar-refractivity contribution in [2.24, 2.45) is 5.92 Å². The Kier molecular flexibility index (Phi) is 6.36. The first-order valence-corrected chi connectivity index (χ1v) is 6.91. The third kappa shape index (κ3) is 5.74. The summed E-state index contributed by atoms with van der Waals surface area (Å²) in [6.07, 6.45) is 3.47. The van der Waals surface area contributed by atoms with Crippen LogP contribution in [0, 0.1) is 5.92 Å². The molecule has 5 heteroatoms. The van der Waals surface area contributed by atoms with Gasteiger partial charge in [-0.1, -0.05) is 0 Å². The van der Waals surface area contributed by atoms with Crippen molar-refractivity contribution in [3.05, 3.63) is 24.2 Å². The highest BCUT2D eigenvalue weighted by Gasteiger charge is 2.14. The fraction of sp³-hybridized carbons (Fsp3) is 0.714. The second-order valence-corrected chi connectivity index (χ2v) is 4.99. The number of nitrogens with one attached hydrogen (secondary N) is 1. The summed E-state index contributed by atoms with van der Waals surface area (Å²) in [5.41, 5.74) is 0. The second-order valence-electron chi connectivity index (χ2n) is 4.99. The van der Waals surface area contributed by atoms with E-state index in [9.17, 15) is 5.11 Å². The van der Waals surface area contributed by atoms with Gasteiger partial charge in [0, 0.05) is 19.7 Å². The topological polar surface area (TPSA) is 63.9 Å². The molecule has 0 aromatic carbocycles. The molecule has 1 fully saturated rings. The lowest BCUT2D eigenvalue weighted by Crippen LogP contribution is -2.35. The molecule has 2 heterocycles. The van der Waals surface area contributed by atoms with Crippen LogP contribution in [0.25, 0.3) is 0 Å². The van der Waals surface area contributed by atoms with Crippen LogP contribution >= 0.6 is 0 Å². The molecule has 1 saturated heterocycles. The average Bonchev–Trinajstić information content (AvgIpc) is 2.93. The van der Waals surface area contributed by atoms with Gasteiger partial charge in [-0.2, -0.15) is 0 Å². The van der Waals surface area contributed by atoms with Crippen LogP contribution in [0.3, 0.4) is 0 Å². The van der Waals surface area contributed by atoms with Crippen LogP contribution in [0.5, 0.6) is 0 Å². The zero-order chi connectivity index (χ0) is 13.3. The summed E-state index contributed by atoms with van der Waals surface area (Å²) in [6.45, 7) is 3.89. The molecule has 108 valence electrons. The van der Waals surface area contributed by atoms with Gasteiger partial charge in [0.05, 0.1) is 25.6 Å². The summed E-state index contributed by atoms with van der Waals surface area (Å²) in [4.78, 5) is 0. The minimum absolute atomic E-state index is 0.314. The zero-order valence-corrected chi connectivity index (χ0v) is 11.2. The lowest BCUT2D eigenvalue weighted by molar-refractivity contribution is 0.0196. The first-order chi connectivity index (χ1) is 9.34. The highest BCUT2D eigenvalue weighted by Crippen LogP contribution is 2.12. The van der Waals surface area contributed by atoms with Crippen molar-refractivity contribution in [2.75, 3.05) is 32.9 Å². The molecular formula is C14H23NO4. The molecule has 1 aliphatic heterocycles. The number of ether oxygens (including phenoxy) is 2. The van der Waals surface area contributed by atoms with Gasteiger partial charge < -0.3 is 24.3 Å². The quantitative estimate of drug-likeness (QED) is 0.742. The van der Waals surface area contributed by atoms with Crippen molar-refractivity contribution in [3.63, 3.8) is 0 Å². The smallest absolute Gasteiger partial charge is 0.129 e. The highest BCUT2D eigenvalue weighted by molar-refractivity contribution is 4.96. The molecule has 1 aromatic rings. The van der Waals surface area contributed by atoms with E-state index in [1.54, 1.807) is 6.26 Å². The van der Waals surface area contributed by atoms with E-state index >= 15 is 0 Å². The lowest BCUT2D eigenvalue weighted by atomic mass is 10.0. The van der Waals surface area contributed by atoms with E-state index in [1.165, 1.54) is 6.42 Å². The third-order valence-corrected chi connectivity index (χ3v) is 3.20. The molecule has 2 atom stereocenters. The number of aliphatic hydroxyl groups excluding tert-OH is 1. The Morgan fingerprint density at radius 1 is 1.53 bits per heavy atom. The number of hydrogen-bond acceptors (Lipinski definition) is 5. The Morgan fingerprint density at radius 3 is 3.21 bits per heavy atom. The maximum absolute atomic E-state index is 9.76. The van der Waals surface area contributed by atoms with Gasteiger partial charge in [-0.15, -0.1) is 0 Å². The molecule has 1 aromatic heterocycles. The molecule has 19 heavy (non-hydrogen) atoms. The highest BCUT2D eigenvalue weighted by atomic mass is 16.5. The SMILES string of the molecule is OC(CNCC1CCCOC1)COCc1ccco1. The maximum Gasteiger partial charge on any atom is 0.129 e. The Labute approximate surface area is 113 Å². The predicted octanol–water partition coefficient (Wildman–Crippen LogP) is 1.17. The molecule has 1 aliphatic rings. The van der Waals surface area contributed by atoms with Crippen molar-refractivity contribution < 1.29 is 19.0 Å². The van der Waals surface area contributed by atoms with E-state index < -0.39 is 6.10 Å². The van der Waals surface area contributed by atoms with Crippen molar-refractivity contribution in [3.8, 4) is 0 Å². The fourth-order valence-corrected chi connectivity index (χ4v) is 2.17. The minimum Gasteiger partial charge on any atom is -0.467 e. The number of aliphatic hydroxyl groups is 1. The van der Waals surface area contributed by atoms with Gasteiger partial charge >= 0.3 is 0 Å². The lowest BCUT2D eigenvalue weighted by Gasteiger charge is -2.22. The largest absolute Gasteiger partial charge is 0.467 e. The van der Waals surface area contributed by atoms with Crippen molar-refractivity contribution >= 4 is 0 Å². The Morgan fingerprint density at radius 2 is 2.47 bits per heavy atom. The third-order valence-electron chi connectivity index (χ3n) is 3.20. The number of furan rings is 1. The van der Waals surface area contributed by atoms with Gasteiger partial charge in [-0.25, -0.2) is 0 Å². The summed E-state index contributed by atoms with van der Waals surface area (Å²) in [5, 5.41) is 13.0. The molecule has 0 aliphatic carbocycles. The second kappa shape index (κ2) is 8.32. The Bertz CT molecular complexity index is 322. The van der Waals surface area contributed by atoms with Gasteiger partial charge in [0.15, 0.2) is 0 Å². The first-order valence-electron chi connectivity index (χ1n) is 6.91. The molecule has 2 unspecified atom stereocenters. The van der Waals surface area contributed by atoms with E-state index in [4.69, 9.17) is 13.9 Å². The Hall–Kier alpha value is -0.880. The average molecular weight is 269 g/mol. The summed E-state index contributed by atoms with van der Waals surface area (Å²) in [5.74, 6) is 1.35. The standard InChI is InChI=1S/C14H23NO4/c16-13(10-18-11-14-4-2-6-19-14)8-15-7-12-3-1-5-17-9-12/h2,4,6,12-13,15-16H,1,3,5,7-11H2. The molecule has 0 radical (unpaired) electrons. The monoisotopic (exact) mass is 269 g/mol. The van der Waals surface area contributed by atoms with E-state index in [0.717, 1.165) is 31.9 Å². The molecule has 0 bridgehead atoms. The van der Waals surface area contributed by atoms with Crippen LogP contribution in [0.2, 0.25) is 0 Å². The molecule has 2 rings (SSSR count). The zero-order valence-electron chi connectivity index (χ0n) is 11.2. The van der Waals surface area contributed by atoms with Crippen LogP contribution in [0.1, 0.15) is 18.6 Å². The van der Waals surface area contributed by atoms with Crippen LogP contribution < -0.4 is 5.32 Å². The Balaban J connectivity index is 1.48. The normalized spacial score (nSPS) is 21.4. The van der Waals surface area contributed by atoms with E-state index in [1.807, 2.05) is 12.1 Å². The van der Waals surface area contributed by atoms with Gasteiger partial charge in [0.25, 0.3) is 0 Å². The summed E-state index contributed by atoms with van der Waals surface area (Å²) >= 11 is 0. The number of hydrogen-bond donors (Lipinski definition) is 2. The maximum atomic E-state index is 9.76. The van der Waals surface area contributed by atoms with Crippen molar-refractivity contribution in [1.82, 2.24) is 5.32 Å². The summed E-state index contributed by atoms with van der Waals surface area (Å²) in [7, 11) is 0.